The zero-order chi connectivity index (χ0) is 15.2. The molecule has 0 aliphatic carbocycles. The van der Waals surface area contributed by atoms with Crippen molar-refractivity contribution in [1.82, 2.24) is 0 Å². The molecule has 0 saturated carbocycles. The van der Waals surface area contributed by atoms with Crippen LogP contribution in [0.4, 0.5) is 11.4 Å². The van der Waals surface area contributed by atoms with Crippen molar-refractivity contribution in [3.63, 3.8) is 0 Å². The van der Waals surface area contributed by atoms with E-state index >= 15 is 0 Å². The molecule has 1 aromatic rings. The summed E-state index contributed by atoms with van der Waals surface area (Å²) in [7, 11) is 0. The number of ether oxygens (including phenoxy) is 1. The van der Waals surface area contributed by atoms with E-state index in [2.05, 4.69) is 4.90 Å². The lowest BCUT2D eigenvalue weighted by atomic mass is 10.1. The van der Waals surface area contributed by atoms with Crippen molar-refractivity contribution in [1.29, 1.82) is 0 Å². The summed E-state index contributed by atoms with van der Waals surface area (Å²) in [4.78, 5) is 13.9. The minimum absolute atomic E-state index is 0.100. The first-order chi connectivity index (χ1) is 10.2. The second-order valence-electron chi connectivity index (χ2n) is 5.37. The minimum Gasteiger partial charge on any atom is -0.462 e. The number of carbonyl (C=O) groups excluding carboxylic acids is 1. The highest BCUT2D eigenvalue weighted by Gasteiger charge is 2.22. The third-order valence-corrected chi connectivity index (χ3v) is 3.94. The Bertz CT molecular complexity index is 490. The van der Waals surface area contributed by atoms with Crippen LogP contribution >= 0.6 is 0 Å². The Hall–Kier alpha value is -1.75. The number of nitrogen functional groups attached to an aromatic ring is 1. The van der Waals surface area contributed by atoms with E-state index in [0.29, 0.717) is 17.9 Å². The monoisotopic (exact) mass is 292 g/mol. The summed E-state index contributed by atoms with van der Waals surface area (Å²) in [6, 6.07) is 5.36. The summed E-state index contributed by atoms with van der Waals surface area (Å²) in [6.45, 7) is 3.13. The van der Waals surface area contributed by atoms with E-state index in [1.165, 1.54) is 6.42 Å². The molecule has 1 aromatic carbocycles. The number of hydrogen-bond donors (Lipinski definition) is 2. The van der Waals surface area contributed by atoms with Crippen LogP contribution in [0, 0.1) is 0 Å². The van der Waals surface area contributed by atoms with Gasteiger partial charge in [-0.1, -0.05) is 12.8 Å². The molecule has 1 aliphatic rings. The Morgan fingerprint density at radius 3 is 2.90 bits per heavy atom. The second kappa shape index (κ2) is 7.31. The number of aliphatic hydroxyl groups excluding tert-OH is 1. The van der Waals surface area contributed by atoms with Crippen molar-refractivity contribution in [2.75, 3.05) is 30.4 Å². The van der Waals surface area contributed by atoms with Gasteiger partial charge >= 0.3 is 5.97 Å². The van der Waals surface area contributed by atoms with E-state index in [-0.39, 0.29) is 18.6 Å². The molecule has 1 aliphatic heterocycles. The molecule has 0 amide bonds. The SMILES string of the molecule is CCOC(=O)c1ccc(N2CCCCCC2CO)c(N)c1. The summed E-state index contributed by atoms with van der Waals surface area (Å²) in [5.74, 6) is -0.356. The number of nitrogens with zero attached hydrogens (tertiary/aromatic N) is 1. The fourth-order valence-corrected chi connectivity index (χ4v) is 2.84. The molecule has 1 heterocycles. The van der Waals surface area contributed by atoms with Gasteiger partial charge in [-0.05, 0) is 38.0 Å². The van der Waals surface area contributed by atoms with Crippen LogP contribution in [-0.4, -0.2) is 36.9 Å². The molecule has 1 unspecified atom stereocenters. The first-order valence-electron chi connectivity index (χ1n) is 7.61. The maximum atomic E-state index is 11.7. The zero-order valence-corrected chi connectivity index (χ0v) is 12.5. The summed E-state index contributed by atoms with van der Waals surface area (Å²) < 4.78 is 4.98. The first-order valence-corrected chi connectivity index (χ1v) is 7.61. The number of carbonyl (C=O) groups is 1. The lowest BCUT2D eigenvalue weighted by molar-refractivity contribution is 0.0526. The molecule has 0 spiro atoms. The first kappa shape index (κ1) is 15.6. The van der Waals surface area contributed by atoms with Crippen LogP contribution in [0.1, 0.15) is 43.0 Å². The normalized spacial score (nSPS) is 19.1. The molecule has 1 fully saturated rings. The van der Waals surface area contributed by atoms with Crippen molar-refractivity contribution in [2.45, 2.75) is 38.6 Å². The van der Waals surface area contributed by atoms with Gasteiger partial charge in [0, 0.05) is 6.54 Å². The lowest BCUT2D eigenvalue weighted by Crippen LogP contribution is -2.38. The smallest absolute Gasteiger partial charge is 0.338 e. The number of aliphatic hydroxyl groups is 1. The maximum Gasteiger partial charge on any atom is 0.338 e. The number of nitrogens with two attached hydrogens (primary N) is 1. The maximum absolute atomic E-state index is 11.7. The van der Waals surface area contributed by atoms with Crippen molar-refractivity contribution >= 4 is 17.3 Å². The van der Waals surface area contributed by atoms with Gasteiger partial charge in [-0.25, -0.2) is 4.79 Å². The van der Waals surface area contributed by atoms with Gasteiger partial charge in [0.05, 0.1) is 36.2 Å². The van der Waals surface area contributed by atoms with Crippen LogP contribution in [0.2, 0.25) is 0 Å². The summed E-state index contributed by atoms with van der Waals surface area (Å²) in [5.41, 5.74) is 8.04. The Morgan fingerprint density at radius 1 is 1.43 bits per heavy atom. The predicted octanol–water partition coefficient (Wildman–Crippen LogP) is 2.19. The fourth-order valence-electron chi connectivity index (χ4n) is 2.84. The van der Waals surface area contributed by atoms with Crippen LogP contribution in [0.15, 0.2) is 18.2 Å². The fraction of sp³-hybridized carbons (Fsp3) is 0.562. The molecule has 1 atom stereocenters. The van der Waals surface area contributed by atoms with E-state index in [9.17, 15) is 9.90 Å². The van der Waals surface area contributed by atoms with E-state index in [1.807, 2.05) is 6.07 Å². The Balaban J connectivity index is 2.24. The van der Waals surface area contributed by atoms with Gasteiger partial charge in [-0.2, -0.15) is 0 Å². The molecule has 116 valence electrons. The number of benzene rings is 1. The Kier molecular flexibility index (Phi) is 5.44. The largest absolute Gasteiger partial charge is 0.462 e. The second-order valence-corrected chi connectivity index (χ2v) is 5.37. The average molecular weight is 292 g/mol. The van der Waals surface area contributed by atoms with Crippen molar-refractivity contribution in [3.05, 3.63) is 23.8 Å². The molecule has 21 heavy (non-hydrogen) atoms. The summed E-state index contributed by atoms with van der Waals surface area (Å²) in [6.07, 6.45) is 4.36. The highest BCUT2D eigenvalue weighted by Crippen LogP contribution is 2.30. The van der Waals surface area contributed by atoms with E-state index in [4.69, 9.17) is 10.5 Å². The molecular formula is C16H24N2O3. The van der Waals surface area contributed by atoms with Crippen molar-refractivity contribution in [3.8, 4) is 0 Å². The predicted molar refractivity (Wildman–Crippen MR) is 83.5 cm³/mol. The molecule has 2 rings (SSSR count). The molecule has 1 saturated heterocycles. The third kappa shape index (κ3) is 3.67. The number of esters is 1. The Labute approximate surface area is 125 Å². The van der Waals surface area contributed by atoms with Gasteiger partial charge in [0.25, 0.3) is 0 Å². The van der Waals surface area contributed by atoms with E-state index < -0.39 is 0 Å². The quantitative estimate of drug-likeness (QED) is 0.657. The van der Waals surface area contributed by atoms with Gasteiger partial charge in [0.2, 0.25) is 0 Å². The highest BCUT2D eigenvalue weighted by atomic mass is 16.5. The number of hydrogen-bond acceptors (Lipinski definition) is 5. The van der Waals surface area contributed by atoms with Gasteiger partial charge in [0.1, 0.15) is 0 Å². The number of rotatable bonds is 4. The van der Waals surface area contributed by atoms with Crippen molar-refractivity contribution in [2.24, 2.45) is 0 Å². The average Bonchev–Trinajstić information content (AvgIpc) is 2.72. The molecule has 0 bridgehead atoms. The number of anilines is 2. The zero-order valence-electron chi connectivity index (χ0n) is 12.5. The standard InChI is InChI=1S/C16H24N2O3/c1-2-21-16(20)12-7-8-15(14(17)10-12)18-9-5-3-4-6-13(18)11-19/h7-8,10,13,19H,2-6,9,11,17H2,1H3. The topological polar surface area (TPSA) is 75.8 Å². The van der Waals surface area contributed by atoms with Crippen LogP contribution in [0.3, 0.4) is 0 Å². The van der Waals surface area contributed by atoms with Crippen LogP contribution in [0.5, 0.6) is 0 Å². The van der Waals surface area contributed by atoms with Crippen LogP contribution in [0.25, 0.3) is 0 Å². The summed E-state index contributed by atoms with van der Waals surface area (Å²) in [5, 5.41) is 9.59. The van der Waals surface area contributed by atoms with Crippen LogP contribution < -0.4 is 10.6 Å². The molecule has 5 heteroatoms. The van der Waals surface area contributed by atoms with Gasteiger partial charge < -0.3 is 20.5 Å². The molecular weight excluding hydrogens is 268 g/mol. The van der Waals surface area contributed by atoms with Gasteiger partial charge in [-0.15, -0.1) is 0 Å². The molecule has 0 radical (unpaired) electrons. The highest BCUT2D eigenvalue weighted by molar-refractivity contribution is 5.92. The van der Waals surface area contributed by atoms with Crippen molar-refractivity contribution < 1.29 is 14.6 Å². The van der Waals surface area contributed by atoms with Gasteiger partial charge in [-0.3, -0.25) is 0 Å². The van der Waals surface area contributed by atoms with Gasteiger partial charge in [0.15, 0.2) is 0 Å². The molecule has 5 nitrogen and oxygen atoms in total. The molecule has 3 N–H and O–H groups in total. The third-order valence-electron chi connectivity index (χ3n) is 3.94. The van der Waals surface area contributed by atoms with Crippen LogP contribution in [-0.2, 0) is 4.74 Å². The Morgan fingerprint density at radius 2 is 2.24 bits per heavy atom. The van der Waals surface area contributed by atoms with E-state index in [0.717, 1.165) is 31.5 Å². The summed E-state index contributed by atoms with van der Waals surface area (Å²) >= 11 is 0. The van der Waals surface area contributed by atoms with E-state index in [1.54, 1.807) is 19.1 Å². The minimum atomic E-state index is -0.356. The molecule has 0 aromatic heterocycles. The lowest BCUT2D eigenvalue weighted by Gasteiger charge is -2.32.